The van der Waals surface area contributed by atoms with Gasteiger partial charge in [-0.25, -0.2) is 4.98 Å². The van der Waals surface area contributed by atoms with Crippen molar-refractivity contribution in [3.8, 4) is 10.6 Å². The van der Waals surface area contributed by atoms with Crippen molar-refractivity contribution in [2.24, 2.45) is 0 Å². The molecule has 0 atom stereocenters. The minimum Gasteiger partial charge on any atom is -0.348 e. The maximum Gasteiger partial charge on any atom is 0.271 e. The zero-order valence-electron chi connectivity index (χ0n) is 13.1. The molecule has 0 aliphatic rings. The fourth-order valence-corrected chi connectivity index (χ4v) is 2.90. The van der Waals surface area contributed by atoms with Gasteiger partial charge in [0.25, 0.3) is 5.91 Å². The predicted molar refractivity (Wildman–Crippen MR) is 89.2 cm³/mol. The number of nitrogens with one attached hydrogen (secondary N) is 2. The number of nitrogens with zero attached hydrogens (tertiary/aromatic N) is 1. The number of benzene rings is 1. The first-order valence-corrected chi connectivity index (χ1v) is 7.84. The SMILES string of the molecule is CC(=O)Nc1cccc(-c2nc(C(=O)NC(C)C)c(C)s2)c1. The molecule has 1 heterocycles. The first-order chi connectivity index (χ1) is 10.4. The molecule has 0 aliphatic carbocycles. The van der Waals surface area contributed by atoms with Gasteiger partial charge in [-0.2, -0.15) is 0 Å². The van der Waals surface area contributed by atoms with Gasteiger partial charge in [-0.3, -0.25) is 9.59 Å². The highest BCUT2D eigenvalue weighted by atomic mass is 32.1. The van der Waals surface area contributed by atoms with Crippen LogP contribution in [0.5, 0.6) is 0 Å². The van der Waals surface area contributed by atoms with Crippen LogP contribution in [0.25, 0.3) is 10.6 Å². The van der Waals surface area contributed by atoms with E-state index in [0.717, 1.165) is 15.4 Å². The van der Waals surface area contributed by atoms with Gasteiger partial charge in [0.15, 0.2) is 0 Å². The molecule has 0 unspecified atom stereocenters. The number of carbonyl (C=O) groups excluding carboxylic acids is 2. The summed E-state index contributed by atoms with van der Waals surface area (Å²) >= 11 is 1.47. The van der Waals surface area contributed by atoms with Crippen molar-refractivity contribution in [2.45, 2.75) is 33.7 Å². The second-order valence-corrected chi connectivity index (χ2v) is 6.52. The molecule has 2 amide bonds. The monoisotopic (exact) mass is 317 g/mol. The van der Waals surface area contributed by atoms with Gasteiger partial charge in [0.05, 0.1) is 0 Å². The molecule has 0 bridgehead atoms. The largest absolute Gasteiger partial charge is 0.348 e. The van der Waals surface area contributed by atoms with E-state index >= 15 is 0 Å². The molecule has 0 spiro atoms. The van der Waals surface area contributed by atoms with E-state index < -0.39 is 0 Å². The smallest absolute Gasteiger partial charge is 0.271 e. The van der Waals surface area contributed by atoms with Crippen LogP contribution in [-0.2, 0) is 4.79 Å². The zero-order chi connectivity index (χ0) is 16.3. The molecule has 2 N–H and O–H groups in total. The highest BCUT2D eigenvalue weighted by Gasteiger charge is 2.17. The molecular weight excluding hydrogens is 298 g/mol. The second kappa shape index (κ2) is 6.70. The van der Waals surface area contributed by atoms with E-state index in [4.69, 9.17) is 0 Å². The molecule has 0 aliphatic heterocycles. The molecule has 5 nitrogen and oxygen atoms in total. The third-order valence-corrected chi connectivity index (χ3v) is 3.88. The summed E-state index contributed by atoms with van der Waals surface area (Å²) in [5, 5.41) is 6.36. The summed E-state index contributed by atoms with van der Waals surface area (Å²) < 4.78 is 0. The first-order valence-electron chi connectivity index (χ1n) is 7.03. The molecule has 2 rings (SSSR count). The highest BCUT2D eigenvalue weighted by molar-refractivity contribution is 7.15. The molecule has 116 valence electrons. The van der Waals surface area contributed by atoms with Crippen LogP contribution in [0.4, 0.5) is 5.69 Å². The molecule has 0 saturated carbocycles. The summed E-state index contributed by atoms with van der Waals surface area (Å²) in [5.74, 6) is -0.280. The molecule has 6 heteroatoms. The van der Waals surface area contributed by atoms with Gasteiger partial charge in [0, 0.05) is 29.1 Å². The maximum atomic E-state index is 12.1. The summed E-state index contributed by atoms with van der Waals surface area (Å²) in [4.78, 5) is 28.6. The Kier molecular flexibility index (Phi) is 4.92. The van der Waals surface area contributed by atoms with E-state index in [0.29, 0.717) is 11.4 Å². The van der Waals surface area contributed by atoms with Crippen molar-refractivity contribution in [2.75, 3.05) is 5.32 Å². The average Bonchev–Trinajstić information content (AvgIpc) is 2.80. The van der Waals surface area contributed by atoms with Crippen LogP contribution in [0.3, 0.4) is 0 Å². The van der Waals surface area contributed by atoms with E-state index in [1.54, 1.807) is 0 Å². The summed E-state index contributed by atoms with van der Waals surface area (Å²) in [5.41, 5.74) is 2.05. The van der Waals surface area contributed by atoms with Crippen LogP contribution in [0.15, 0.2) is 24.3 Å². The number of hydrogen-bond acceptors (Lipinski definition) is 4. The van der Waals surface area contributed by atoms with E-state index in [1.807, 2.05) is 45.0 Å². The predicted octanol–water partition coefficient (Wildman–Crippen LogP) is 3.22. The van der Waals surface area contributed by atoms with Gasteiger partial charge >= 0.3 is 0 Å². The Morgan fingerprint density at radius 3 is 2.64 bits per heavy atom. The van der Waals surface area contributed by atoms with Gasteiger partial charge in [-0.1, -0.05) is 12.1 Å². The van der Waals surface area contributed by atoms with Crippen LogP contribution in [0, 0.1) is 6.92 Å². The lowest BCUT2D eigenvalue weighted by molar-refractivity contribution is -0.114. The third-order valence-electron chi connectivity index (χ3n) is 2.86. The van der Waals surface area contributed by atoms with Gasteiger partial charge in [-0.15, -0.1) is 11.3 Å². The van der Waals surface area contributed by atoms with Gasteiger partial charge < -0.3 is 10.6 Å². The number of aryl methyl sites for hydroxylation is 1. The minimum absolute atomic E-state index is 0.0696. The molecule has 2 aromatic rings. The van der Waals surface area contributed by atoms with Crippen LogP contribution >= 0.6 is 11.3 Å². The quantitative estimate of drug-likeness (QED) is 0.909. The third kappa shape index (κ3) is 3.92. The van der Waals surface area contributed by atoms with Crippen LogP contribution in [-0.4, -0.2) is 22.8 Å². The van der Waals surface area contributed by atoms with E-state index in [1.165, 1.54) is 18.3 Å². The lowest BCUT2D eigenvalue weighted by atomic mass is 10.2. The number of rotatable bonds is 4. The van der Waals surface area contributed by atoms with Gasteiger partial charge in [0.1, 0.15) is 10.7 Å². The first kappa shape index (κ1) is 16.2. The number of aromatic nitrogens is 1. The summed E-state index contributed by atoms with van der Waals surface area (Å²) in [6.45, 7) is 7.18. The van der Waals surface area contributed by atoms with Gasteiger partial charge in [0.2, 0.25) is 5.91 Å². The lowest BCUT2D eigenvalue weighted by Crippen LogP contribution is -2.30. The van der Waals surface area contributed by atoms with Crippen molar-refractivity contribution < 1.29 is 9.59 Å². The Bertz CT molecular complexity index is 707. The molecule has 0 radical (unpaired) electrons. The summed E-state index contributed by atoms with van der Waals surface area (Å²) in [7, 11) is 0. The number of anilines is 1. The Hall–Kier alpha value is -2.21. The van der Waals surface area contributed by atoms with Crippen LogP contribution in [0.1, 0.15) is 36.1 Å². The summed E-state index contributed by atoms with van der Waals surface area (Å²) in [6.07, 6.45) is 0. The standard InChI is InChI=1S/C16H19N3O2S/c1-9(2)17-15(21)14-10(3)22-16(19-14)12-6-5-7-13(8-12)18-11(4)20/h5-9H,1-4H3,(H,17,21)(H,18,20). The number of hydrogen-bond donors (Lipinski definition) is 2. The fourth-order valence-electron chi connectivity index (χ4n) is 1.99. The Labute approximate surface area is 133 Å². The molecule has 0 saturated heterocycles. The average molecular weight is 317 g/mol. The van der Waals surface area contributed by atoms with Crippen LogP contribution in [0.2, 0.25) is 0 Å². The number of thiazole rings is 1. The number of carbonyl (C=O) groups is 2. The van der Waals surface area contributed by atoms with Crippen molar-refractivity contribution in [3.05, 3.63) is 34.8 Å². The van der Waals surface area contributed by atoms with E-state index in [9.17, 15) is 9.59 Å². The van der Waals surface area contributed by atoms with Crippen molar-refractivity contribution in [1.82, 2.24) is 10.3 Å². The Balaban J connectivity index is 2.30. The maximum absolute atomic E-state index is 12.1. The molecule has 1 aromatic heterocycles. The topological polar surface area (TPSA) is 71.1 Å². The van der Waals surface area contributed by atoms with Crippen molar-refractivity contribution in [1.29, 1.82) is 0 Å². The van der Waals surface area contributed by atoms with E-state index in [2.05, 4.69) is 15.6 Å². The lowest BCUT2D eigenvalue weighted by Gasteiger charge is -2.06. The van der Waals surface area contributed by atoms with Crippen molar-refractivity contribution >= 4 is 28.8 Å². The molecule has 22 heavy (non-hydrogen) atoms. The van der Waals surface area contributed by atoms with Gasteiger partial charge in [-0.05, 0) is 32.9 Å². The van der Waals surface area contributed by atoms with E-state index in [-0.39, 0.29) is 17.9 Å². The normalized spacial score (nSPS) is 10.6. The number of amides is 2. The summed E-state index contributed by atoms with van der Waals surface area (Å²) in [6, 6.07) is 7.50. The fraction of sp³-hybridized carbons (Fsp3) is 0.312. The van der Waals surface area contributed by atoms with Crippen LogP contribution < -0.4 is 10.6 Å². The minimum atomic E-state index is -0.159. The molecule has 0 fully saturated rings. The second-order valence-electron chi connectivity index (χ2n) is 5.31. The molecule has 1 aromatic carbocycles. The highest BCUT2D eigenvalue weighted by Crippen LogP contribution is 2.29. The van der Waals surface area contributed by atoms with Crippen molar-refractivity contribution in [3.63, 3.8) is 0 Å². The Morgan fingerprint density at radius 1 is 1.27 bits per heavy atom. The molecular formula is C16H19N3O2S. The Morgan fingerprint density at radius 2 is 2.00 bits per heavy atom. The zero-order valence-corrected chi connectivity index (χ0v) is 13.9.